The van der Waals surface area contributed by atoms with Crippen molar-refractivity contribution in [1.29, 1.82) is 0 Å². The van der Waals surface area contributed by atoms with E-state index < -0.39 is 0 Å². The van der Waals surface area contributed by atoms with Crippen molar-refractivity contribution in [1.82, 2.24) is 5.32 Å². The zero-order chi connectivity index (χ0) is 15.3. The van der Waals surface area contributed by atoms with Crippen LogP contribution in [0.15, 0.2) is 30.3 Å². The fourth-order valence-electron chi connectivity index (χ4n) is 1.79. The molecule has 0 saturated heterocycles. The van der Waals surface area contributed by atoms with Crippen molar-refractivity contribution in [3.8, 4) is 0 Å². The minimum atomic E-state index is -0.187. The summed E-state index contributed by atoms with van der Waals surface area (Å²) in [6.07, 6.45) is 2.96. The van der Waals surface area contributed by atoms with Crippen LogP contribution in [0.4, 0.5) is 0 Å². The molecule has 1 aromatic carbocycles. The maximum atomic E-state index is 11.5. The van der Waals surface area contributed by atoms with E-state index in [1.165, 1.54) is 7.11 Å². The summed E-state index contributed by atoms with van der Waals surface area (Å²) in [7, 11) is 1.39. The van der Waals surface area contributed by atoms with Gasteiger partial charge in [-0.1, -0.05) is 36.8 Å². The lowest BCUT2D eigenvalue weighted by molar-refractivity contribution is -0.140. The van der Waals surface area contributed by atoms with Crippen LogP contribution in [0, 0.1) is 0 Å². The van der Waals surface area contributed by atoms with Crippen molar-refractivity contribution < 1.29 is 19.1 Å². The predicted molar refractivity (Wildman–Crippen MR) is 79.6 cm³/mol. The van der Waals surface area contributed by atoms with Crippen LogP contribution in [0.2, 0.25) is 0 Å². The van der Waals surface area contributed by atoms with Crippen molar-refractivity contribution >= 4 is 11.9 Å². The van der Waals surface area contributed by atoms with Crippen LogP contribution in [0.5, 0.6) is 0 Å². The SMILES string of the molecule is COC(=O)CCCCCNC(=O)COCc1ccccc1. The molecule has 0 aromatic heterocycles. The number of rotatable bonds is 10. The third kappa shape index (κ3) is 8.81. The summed E-state index contributed by atoms with van der Waals surface area (Å²) in [5.74, 6) is -0.299. The molecule has 0 bridgehead atoms. The van der Waals surface area contributed by atoms with Gasteiger partial charge in [0.15, 0.2) is 0 Å². The Hall–Kier alpha value is -1.88. The van der Waals surface area contributed by atoms with E-state index in [0.717, 1.165) is 24.8 Å². The molecule has 5 nitrogen and oxygen atoms in total. The van der Waals surface area contributed by atoms with Gasteiger partial charge in [-0.05, 0) is 18.4 Å². The van der Waals surface area contributed by atoms with Gasteiger partial charge in [-0.3, -0.25) is 9.59 Å². The second kappa shape index (κ2) is 10.9. The molecule has 0 fully saturated rings. The molecule has 0 unspecified atom stereocenters. The smallest absolute Gasteiger partial charge is 0.305 e. The lowest BCUT2D eigenvalue weighted by Crippen LogP contribution is -2.28. The van der Waals surface area contributed by atoms with E-state index in [0.29, 0.717) is 19.6 Å². The minimum Gasteiger partial charge on any atom is -0.469 e. The van der Waals surface area contributed by atoms with Gasteiger partial charge in [-0.2, -0.15) is 0 Å². The number of amides is 1. The summed E-state index contributed by atoms with van der Waals surface area (Å²) in [5.41, 5.74) is 1.05. The van der Waals surface area contributed by atoms with Gasteiger partial charge in [0.1, 0.15) is 6.61 Å². The molecule has 1 N–H and O–H groups in total. The van der Waals surface area contributed by atoms with Crippen LogP contribution in [0.3, 0.4) is 0 Å². The molecule has 0 spiro atoms. The van der Waals surface area contributed by atoms with E-state index >= 15 is 0 Å². The second-order valence-electron chi connectivity index (χ2n) is 4.72. The highest BCUT2D eigenvalue weighted by Gasteiger charge is 2.02. The van der Waals surface area contributed by atoms with Crippen LogP contribution in [-0.2, 0) is 25.7 Å². The molecule has 1 amide bonds. The number of methoxy groups -OCH3 is 1. The van der Waals surface area contributed by atoms with Gasteiger partial charge in [-0.25, -0.2) is 0 Å². The van der Waals surface area contributed by atoms with Gasteiger partial charge in [0.25, 0.3) is 0 Å². The molecule has 0 heterocycles. The number of esters is 1. The number of carbonyl (C=O) groups excluding carboxylic acids is 2. The van der Waals surface area contributed by atoms with Crippen molar-refractivity contribution in [2.75, 3.05) is 20.3 Å². The zero-order valence-corrected chi connectivity index (χ0v) is 12.5. The quantitative estimate of drug-likeness (QED) is 0.530. The highest BCUT2D eigenvalue weighted by atomic mass is 16.5. The fourth-order valence-corrected chi connectivity index (χ4v) is 1.79. The Bertz CT molecular complexity index is 420. The number of benzene rings is 1. The average Bonchev–Trinajstić information content (AvgIpc) is 2.51. The average molecular weight is 293 g/mol. The van der Waals surface area contributed by atoms with Crippen LogP contribution in [-0.4, -0.2) is 32.1 Å². The molecule has 0 aliphatic carbocycles. The number of nitrogens with one attached hydrogen (secondary N) is 1. The lowest BCUT2D eigenvalue weighted by Gasteiger charge is -2.06. The van der Waals surface area contributed by atoms with Crippen molar-refractivity contribution in [3.05, 3.63) is 35.9 Å². The summed E-state index contributed by atoms with van der Waals surface area (Å²) in [5, 5.41) is 2.79. The van der Waals surface area contributed by atoms with Crippen molar-refractivity contribution in [2.24, 2.45) is 0 Å². The van der Waals surface area contributed by atoms with Crippen LogP contribution in [0.1, 0.15) is 31.2 Å². The Labute approximate surface area is 125 Å². The first kappa shape index (κ1) is 17.2. The van der Waals surface area contributed by atoms with Gasteiger partial charge in [0, 0.05) is 13.0 Å². The fraction of sp³-hybridized carbons (Fsp3) is 0.500. The molecular weight excluding hydrogens is 270 g/mol. The summed E-state index contributed by atoms with van der Waals surface area (Å²) in [6, 6.07) is 9.73. The molecule has 0 aliphatic rings. The van der Waals surface area contributed by atoms with E-state index in [1.807, 2.05) is 30.3 Å². The van der Waals surface area contributed by atoms with Gasteiger partial charge in [-0.15, -0.1) is 0 Å². The monoisotopic (exact) mass is 293 g/mol. The molecule has 116 valence electrons. The Morgan fingerprint density at radius 2 is 1.86 bits per heavy atom. The number of hydrogen-bond acceptors (Lipinski definition) is 4. The molecule has 5 heteroatoms. The summed E-state index contributed by atoms with van der Waals surface area (Å²) in [4.78, 5) is 22.4. The highest BCUT2D eigenvalue weighted by Crippen LogP contribution is 2.01. The molecule has 21 heavy (non-hydrogen) atoms. The Morgan fingerprint density at radius 1 is 1.10 bits per heavy atom. The summed E-state index contributed by atoms with van der Waals surface area (Å²) >= 11 is 0. The van der Waals surface area contributed by atoms with Crippen LogP contribution < -0.4 is 5.32 Å². The zero-order valence-electron chi connectivity index (χ0n) is 12.5. The Kier molecular flexibility index (Phi) is 8.88. The van der Waals surface area contributed by atoms with E-state index in [9.17, 15) is 9.59 Å². The summed E-state index contributed by atoms with van der Waals surface area (Å²) in [6.45, 7) is 1.11. The number of unbranched alkanes of at least 4 members (excludes halogenated alkanes) is 2. The summed E-state index contributed by atoms with van der Waals surface area (Å²) < 4.78 is 9.88. The maximum Gasteiger partial charge on any atom is 0.305 e. The molecule has 0 radical (unpaired) electrons. The Balaban J connectivity index is 1.95. The number of carbonyl (C=O) groups is 2. The van der Waals surface area contributed by atoms with E-state index in [-0.39, 0.29) is 18.5 Å². The van der Waals surface area contributed by atoms with E-state index in [1.54, 1.807) is 0 Å². The Morgan fingerprint density at radius 3 is 2.57 bits per heavy atom. The van der Waals surface area contributed by atoms with E-state index in [4.69, 9.17) is 4.74 Å². The number of hydrogen-bond donors (Lipinski definition) is 1. The van der Waals surface area contributed by atoms with Gasteiger partial charge in [0.2, 0.25) is 5.91 Å². The van der Waals surface area contributed by atoms with Crippen LogP contribution in [0.25, 0.3) is 0 Å². The third-order valence-corrected chi connectivity index (χ3v) is 2.95. The topological polar surface area (TPSA) is 64.6 Å². The van der Waals surface area contributed by atoms with Crippen molar-refractivity contribution in [3.63, 3.8) is 0 Å². The lowest BCUT2D eigenvalue weighted by atomic mass is 10.2. The molecule has 0 atom stereocenters. The number of ether oxygens (including phenoxy) is 2. The largest absolute Gasteiger partial charge is 0.469 e. The van der Waals surface area contributed by atoms with Gasteiger partial charge < -0.3 is 14.8 Å². The predicted octanol–water partition coefficient (Wildman–Crippen LogP) is 2.05. The van der Waals surface area contributed by atoms with E-state index in [2.05, 4.69) is 10.1 Å². The molecule has 0 saturated carbocycles. The first-order valence-electron chi connectivity index (χ1n) is 7.17. The molecular formula is C16H23NO4. The minimum absolute atomic E-state index is 0.0665. The normalized spacial score (nSPS) is 10.1. The third-order valence-electron chi connectivity index (χ3n) is 2.95. The van der Waals surface area contributed by atoms with Crippen LogP contribution >= 0.6 is 0 Å². The molecule has 0 aliphatic heterocycles. The first-order valence-corrected chi connectivity index (χ1v) is 7.17. The van der Waals surface area contributed by atoms with Crippen molar-refractivity contribution in [2.45, 2.75) is 32.3 Å². The standard InChI is InChI=1S/C16H23NO4/c1-20-16(19)10-6-3-7-11-17-15(18)13-21-12-14-8-4-2-5-9-14/h2,4-5,8-9H,3,6-7,10-13H2,1H3,(H,17,18). The molecule has 1 aromatic rings. The van der Waals surface area contributed by atoms with Gasteiger partial charge >= 0.3 is 5.97 Å². The highest BCUT2D eigenvalue weighted by molar-refractivity contribution is 5.77. The second-order valence-corrected chi connectivity index (χ2v) is 4.72. The van der Waals surface area contributed by atoms with Gasteiger partial charge in [0.05, 0.1) is 13.7 Å². The maximum absolute atomic E-state index is 11.5. The first-order chi connectivity index (χ1) is 10.2. The molecule has 1 rings (SSSR count).